The molecular weight excluding hydrogens is 396 g/mol. The highest BCUT2D eigenvalue weighted by atomic mass is 79.9. The number of benzene rings is 4. The lowest BCUT2D eigenvalue weighted by molar-refractivity contribution is 1.53. The fourth-order valence-electron chi connectivity index (χ4n) is 3.79. The molecule has 0 saturated heterocycles. The maximum absolute atomic E-state index is 6.28. The topological polar surface area (TPSA) is 41.8 Å². The van der Waals surface area contributed by atoms with Crippen LogP contribution < -0.4 is 5.73 Å². The number of halogens is 1. The molecule has 1 aromatic heterocycles. The van der Waals surface area contributed by atoms with Crippen molar-refractivity contribution in [1.29, 1.82) is 0 Å². The number of nitrogens with one attached hydrogen (secondary N) is 1. The van der Waals surface area contributed by atoms with Crippen LogP contribution >= 0.6 is 15.9 Å². The summed E-state index contributed by atoms with van der Waals surface area (Å²) in [4.78, 5) is 3.63. The van der Waals surface area contributed by atoms with Crippen molar-refractivity contribution in [2.75, 3.05) is 5.73 Å². The van der Waals surface area contributed by atoms with E-state index < -0.39 is 0 Å². The minimum Gasteiger partial charge on any atom is -0.398 e. The van der Waals surface area contributed by atoms with E-state index in [2.05, 4.69) is 87.6 Å². The van der Waals surface area contributed by atoms with Crippen LogP contribution in [0.4, 0.5) is 5.69 Å². The van der Waals surface area contributed by atoms with Gasteiger partial charge in [0.05, 0.1) is 5.52 Å². The van der Waals surface area contributed by atoms with Gasteiger partial charge in [-0.15, -0.1) is 0 Å². The Morgan fingerprint density at radius 2 is 1.37 bits per heavy atom. The standard InChI is InChI=1S/C24H17BrN2/c25-16-11-9-15(10-12-16)17-13-14-19(18-5-1-3-7-21(18)26)24-23(17)20-6-2-4-8-22(20)27-24/h1-14,27H,26H2. The fraction of sp³-hybridized carbons (Fsp3) is 0. The molecule has 27 heavy (non-hydrogen) atoms. The van der Waals surface area contributed by atoms with E-state index in [0.29, 0.717) is 0 Å². The highest BCUT2D eigenvalue weighted by Gasteiger charge is 2.15. The van der Waals surface area contributed by atoms with Gasteiger partial charge in [0, 0.05) is 37.6 Å². The van der Waals surface area contributed by atoms with E-state index in [1.165, 1.54) is 21.9 Å². The van der Waals surface area contributed by atoms with Gasteiger partial charge < -0.3 is 10.7 Å². The van der Waals surface area contributed by atoms with Crippen molar-refractivity contribution in [3.05, 3.63) is 89.4 Å². The molecule has 5 aromatic rings. The molecule has 0 fully saturated rings. The maximum Gasteiger partial charge on any atom is 0.0551 e. The second kappa shape index (κ2) is 6.29. The molecule has 2 nitrogen and oxygen atoms in total. The smallest absolute Gasteiger partial charge is 0.0551 e. The summed E-state index contributed by atoms with van der Waals surface area (Å²) in [6.07, 6.45) is 0. The Labute approximate surface area is 165 Å². The maximum atomic E-state index is 6.28. The zero-order valence-electron chi connectivity index (χ0n) is 14.5. The molecule has 0 aliphatic rings. The van der Waals surface area contributed by atoms with Crippen LogP contribution in [-0.2, 0) is 0 Å². The molecule has 5 rings (SSSR count). The predicted molar refractivity (Wildman–Crippen MR) is 119 cm³/mol. The Bertz CT molecular complexity index is 1280. The van der Waals surface area contributed by atoms with E-state index in [1.54, 1.807) is 0 Å². The summed E-state index contributed by atoms with van der Waals surface area (Å²) in [7, 11) is 0. The Balaban J connectivity index is 1.90. The molecule has 3 N–H and O–H groups in total. The van der Waals surface area contributed by atoms with Crippen LogP contribution in [0, 0.1) is 0 Å². The number of para-hydroxylation sites is 2. The summed E-state index contributed by atoms with van der Waals surface area (Å²) < 4.78 is 1.08. The first-order chi connectivity index (χ1) is 13.2. The monoisotopic (exact) mass is 412 g/mol. The fourth-order valence-corrected chi connectivity index (χ4v) is 4.06. The molecule has 0 amide bonds. The van der Waals surface area contributed by atoms with Crippen LogP contribution in [0.5, 0.6) is 0 Å². The first-order valence-corrected chi connectivity index (χ1v) is 9.66. The van der Waals surface area contributed by atoms with Gasteiger partial charge in [-0.1, -0.05) is 76.6 Å². The van der Waals surface area contributed by atoms with Gasteiger partial charge in [0.15, 0.2) is 0 Å². The Morgan fingerprint density at radius 1 is 0.667 bits per heavy atom. The molecule has 0 saturated carbocycles. The average Bonchev–Trinajstić information content (AvgIpc) is 3.08. The molecule has 0 unspecified atom stereocenters. The van der Waals surface area contributed by atoms with E-state index in [-0.39, 0.29) is 0 Å². The first-order valence-electron chi connectivity index (χ1n) is 8.86. The van der Waals surface area contributed by atoms with Crippen molar-refractivity contribution in [3.8, 4) is 22.3 Å². The SMILES string of the molecule is Nc1ccccc1-c1ccc(-c2ccc(Br)cc2)c2c1[nH]c1ccccc12. The van der Waals surface area contributed by atoms with Crippen LogP contribution in [0.2, 0.25) is 0 Å². The molecule has 0 aliphatic heterocycles. The minimum absolute atomic E-state index is 0.786. The number of aromatic nitrogens is 1. The molecule has 4 aromatic carbocycles. The highest BCUT2D eigenvalue weighted by Crippen LogP contribution is 2.41. The van der Waals surface area contributed by atoms with Crippen molar-refractivity contribution in [3.63, 3.8) is 0 Å². The molecule has 1 heterocycles. The van der Waals surface area contributed by atoms with Gasteiger partial charge in [-0.25, -0.2) is 0 Å². The third-order valence-electron chi connectivity index (χ3n) is 5.07. The summed E-state index contributed by atoms with van der Waals surface area (Å²) in [6.45, 7) is 0. The summed E-state index contributed by atoms with van der Waals surface area (Å²) in [5.74, 6) is 0. The molecule has 0 atom stereocenters. The number of nitrogen functional groups attached to an aromatic ring is 1. The van der Waals surface area contributed by atoms with E-state index in [0.717, 1.165) is 32.3 Å². The van der Waals surface area contributed by atoms with Crippen LogP contribution in [0.1, 0.15) is 0 Å². The second-order valence-electron chi connectivity index (χ2n) is 6.68. The van der Waals surface area contributed by atoms with Crippen molar-refractivity contribution in [2.24, 2.45) is 0 Å². The number of nitrogens with two attached hydrogens (primary N) is 1. The summed E-state index contributed by atoms with van der Waals surface area (Å²) in [5, 5.41) is 2.45. The van der Waals surface area contributed by atoms with Gasteiger partial charge in [-0.2, -0.15) is 0 Å². The van der Waals surface area contributed by atoms with Crippen LogP contribution in [0.15, 0.2) is 89.4 Å². The number of anilines is 1. The van der Waals surface area contributed by atoms with E-state index in [4.69, 9.17) is 5.73 Å². The van der Waals surface area contributed by atoms with Crippen LogP contribution in [-0.4, -0.2) is 4.98 Å². The zero-order valence-corrected chi connectivity index (χ0v) is 16.1. The number of hydrogen-bond acceptors (Lipinski definition) is 1. The second-order valence-corrected chi connectivity index (χ2v) is 7.59. The normalized spacial score (nSPS) is 11.3. The first kappa shape index (κ1) is 16.2. The Morgan fingerprint density at radius 3 is 2.19 bits per heavy atom. The number of hydrogen-bond donors (Lipinski definition) is 2. The van der Waals surface area contributed by atoms with Gasteiger partial charge in [-0.3, -0.25) is 0 Å². The van der Waals surface area contributed by atoms with E-state index in [9.17, 15) is 0 Å². The number of H-pyrrole nitrogens is 1. The van der Waals surface area contributed by atoms with Crippen LogP contribution in [0.3, 0.4) is 0 Å². The lowest BCUT2D eigenvalue weighted by atomic mass is 9.94. The van der Waals surface area contributed by atoms with E-state index in [1.807, 2.05) is 18.2 Å². The third kappa shape index (κ3) is 2.63. The summed E-state index contributed by atoms with van der Waals surface area (Å²) >= 11 is 3.53. The Kier molecular flexibility index (Phi) is 3.76. The molecule has 3 heteroatoms. The molecular formula is C24H17BrN2. The highest BCUT2D eigenvalue weighted by molar-refractivity contribution is 9.10. The van der Waals surface area contributed by atoms with Crippen molar-refractivity contribution < 1.29 is 0 Å². The third-order valence-corrected chi connectivity index (χ3v) is 5.60. The summed E-state index contributed by atoms with van der Waals surface area (Å²) in [5.41, 5.74) is 13.9. The minimum atomic E-state index is 0.786. The Hall–Kier alpha value is -3.04. The summed E-state index contributed by atoms with van der Waals surface area (Å²) in [6, 6.07) is 29.3. The van der Waals surface area contributed by atoms with Gasteiger partial charge in [0.1, 0.15) is 0 Å². The number of fused-ring (bicyclic) bond motifs is 3. The number of aromatic amines is 1. The van der Waals surface area contributed by atoms with E-state index >= 15 is 0 Å². The molecule has 0 bridgehead atoms. The lowest BCUT2D eigenvalue weighted by Crippen LogP contribution is -1.91. The van der Waals surface area contributed by atoms with Crippen molar-refractivity contribution >= 4 is 43.4 Å². The van der Waals surface area contributed by atoms with Crippen LogP contribution in [0.25, 0.3) is 44.1 Å². The molecule has 0 spiro atoms. The van der Waals surface area contributed by atoms with Crippen molar-refractivity contribution in [2.45, 2.75) is 0 Å². The average molecular weight is 413 g/mol. The molecule has 0 radical (unpaired) electrons. The van der Waals surface area contributed by atoms with Gasteiger partial charge >= 0.3 is 0 Å². The molecule has 0 aliphatic carbocycles. The van der Waals surface area contributed by atoms with Gasteiger partial charge in [0.25, 0.3) is 0 Å². The predicted octanol–water partition coefficient (Wildman–Crippen LogP) is 7.00. The molecule has 130 valence electrons. The van der Waals surface area contributed by atoms with Crippen molar-refractivity contribution in [1.82, 2.24) is 4.98 Å². The lowest BCUT2D eigenvalue weighted by Gasteiger charge is -2.11. The largest absolute Gasteiger partial charge is 0.398 e. The quantitative estimate of drug-likeness (QED) is 0.301. The zero-order chi connectivity index (χ0) is 18.4. The van der Waals surface area contributed by atoms with Gasteiger partial charge in [0.2, 0.25) is 0 Å². The number of rotatable bonds is 2. The van der Waals surface area contributed by atoms with Gasteiger partial charge in [-0.05, 0) is 35.4 Å².